The van der Waals surface area contributed by atoms with Crippen LogP contribution in [0.3, 0.4) is 0 Å². The van der Waals surface area contributed by atoms with Crippen LogP contribution in [0.1, 0.15) is 16.7 Å². The summed E-state index contributed by atoms with van der Waals surface area (Å²) in [4.78, 5) is 0. The third kappa shape index (κ3) is 3.11. The third-order valence-electron chi connectivity index (χ3n) is 2.88. The number of nitriles is 1. The first-order valence-corrected chi connectivity index (χ1v) is 5.93. The van der Waals surface area contributed by atoms with Crippen LogP contribution in [0.5, 0.6) is 5.75 Å². The van der Waals surface area contributed by atoms with Gasteiger partial charge >= 0.3 is 0 Å². The van der Waals surface area contributed by atoms with Gasteiger partial charge in [0.05, 0.1) is 0 Å². The maximum absolute atomic E-state index is 8.43. The maximum Gasteiger partial charge on any atom is 0.174 e. The summed E-state index contributed by atoms with van der Waals surface area (Å²) < 4.78 is 5.22. The standard InChI is InChI=1S/C16H15NO/c1-13-4-2-3-5-15(13)12-14-6-8-16(9-7-14)18-11-10-17/h2-9H,11-12H2,1H3. The molecule has 0 aromatic heterocycles. The summed E-state index contributed by atoms with van der Waals surface area (Å²) in [7, 11) is 0. The smallest absolute Gasteiger partial charge is 0.174 e. The van der Waals surface area contributed by atoms with Gasteiger partial charge in [-0.25, -0.2) is 0 Å². The Morgan fingerprint density at radius 1 is 1.06 bits per heavy atom. The molecule has 2 rings (SSSR count). The summed E-state index contributed by atoms with van der Waals surface area (Å²) in [6, 6.07) is 18.2. The molecule has 0 aliphatic carbocycles. The van der Waals surface area contributed by atoms with Crippen molar-refractivity contribution in [2.45, 2.75) is 13.3 Å². The first-order chi connectivity index (χ1) is 8.79. The number of hydrogen-bond acceptors (Lipinski definition) is 2. The molecule has 0 atom stereocenters. The van der Waals surface area contributed by atoms with E-state index < -0.39 is 0 Å². The lowest BCUT2D eigenvalue weighted by molar-refractivity contribution is 0.368. The lowest BCUT2D eigenvalue weighted by atomic mass is 10.0. The van der Waals surface area contributed by atoms with Crippen LogP contribution in [-0.4, -0.2) is 6.61 Å². The van der Waals surface area contributed by atoms with Crippen molar-refractivity contribution < 1.29 is 4.74 Å². The summed E-state index contributed by atoms with van der Waals surface area (Å²) >= 11 is 0. The predicted molar refractivity (Wildman–Crippen MR) is 71.5 cm³/mol. The van der Waals surface area contributed by atoms with Gasteiger partial charge in [0.1, 0.15) is 11.8 Å². The first-order valence-electron chi connectivity index (χ1n) is 5.93. The molecule has 0 saturated carbocycles. The van der Waals surface area contributed by atoms with E-state index in [4.69, 9.17) is 10.00 Å². The van der Waals surface area contributed by atoms with E-state index in [1.54, 1.807) is 0 Å². The zero-order chi connectivity index (χ0) is 12.8. The average Bonchev–Trinajstić information content (AvgIpc) is 2.41. The Morgan fingerprint density at radius 3 is 2.44 bits per heavy atom. The fourth-order valence-electron chi connectivity index (χ4n) is 1.85. The second kappa shape index (κ2) is 5.88. The molecule has 2 aromatic rings. The molecule has 0 amide bonds. The number of aryl methyl sites for hydroxylation is 1. The maximum atomic E-state index is 8.43. The van der Waals surface area contributed by atoms with Gasteiger partial charge < -0.3 is 4.74 Å². The number of hydrogen-bond donors (Lipinski definition) is 0. The number of nitrogens with zero attached hydrogens (tertiary/aromatic N) is 1. The Kier molecular flexibility index (Phi) is 3.98. The van der Waals surface area contributed by atoms with Crippen molar-refractivity contribution in [3.8, 4) is 11.8 Å². The second-order valence-electron chi connectivity index (χ2n) is 4.19. The van der Waals surface area contributed by atoms with E-state index in [-0.39, 0.29) is 6.61 Å². The summed E-state index contributed by atoms with van der Waals surface area (Å²) in [6.45, 7) is 2.22. The molecule has 0 N–H and O–H groups in total. The minimum atomic E-state index is 0.0944. The molecule has 90 valence electrons. The Hall–Kier alpha value is -2.27. The van der Waals surface area contributed by atoms with Crippen LogP contribution >= 0.6 is 0 Å². The number of rotatable bonds is 4. The van der Waals surface area contributed by atoms with Gasteiger partial charge in [-0.1, -0.05) is 36.4 Å². The van der Waals surface area contributed by atoms with Gasteiger partial charge in [-0.2, -0.15) is 5.26 Å². The molecule has 0 saturated heterocycles. The molecule has 2 nitrogen and oxygen atoms in total. The van der Waals surface area contributed by atoms with Crippen molar-refractivity contribution in [2.24, 2.45) is 0 Å². The van der Waals surface area contributed by atoms with Gasteiger partial charge in [0, 0.05) is 0 Å². The second-order valence-corrected chi connectivity index (χ2v) is 4.19. The quantitative estimate of drug-likeness (QED) is 0.815. The average molecular weight is 237 g/mol. The number of ether oxygens (including phenoxy) is 1. The fourth-order valence-corrected chi connectivity index (χ4v) is 1.85. The molecule has 0 bridgehead atoms. The van der Waals surface area contributed by atoms with Crippen molar-refractivity contribution in [1.29, 1.82) is 5.26 Å². The van der Waals surface area contributed by atoms with Crippen LogP contribution in [0.15, 0.2) is 48.5 Å². The molecule has 0 unspecified atom stereocenters. The third-order valence-corrected chi connectivity index (χ3v) is 2.88. The van der Waals surface area contributed by atoms with Crippen LogP contribution in [-0.2, 0) is 6.42 Å². The van der Waals surface area contributed by atoms with Gasteiger partial charge in [0.2, 0.25) is 0 Å². The van der Waals surface area contributed by atoms with E-state index in [1.165, 1.54) is 16.7 Å². The fraction of sp³-hybridized carbons (Fsp3) is 0.188. The summed E-state index contributed by atoms with van der Waals surface area (Å²) in [5.41, 5.74) is 3.89. The predicted octanol–water partition coefficient (Wildman–Crippen LogP) is 3.49. The summed E-state index contributed by atoms with van der Waals surface area (Å²) in [6.07, 6.45) is 0.922. The van der Waals surface area contributed by atoms with E-state index in [1.807, 2.05) is 30.3 Å². The van der Waals surface area contributed by atoms with Gasteiger partial charge in [0.15, 0.2) is 6.61 Å². The highest BCUT2D eigenvalue weighted by molar-refractivity contribution is 5.34. The molecular weight excluding hydrogens is 222 g/mol. The van der Waals surface area contributed by atoms with Gasteiger partial charge in [0.25, 0.3) is 0 Å². The van der Waals surface area contributed by atoms with E-state index >= 15 is 0 Å². The van der Waals surface area contributed by atoms with Crippen LogP contribution in [0.4, 0.5) is 0 Å². The van der Waals surface area contributed by atoms with Crippen molar-refractivity contribution in [3.63, 3.8) is 0 Å². The molecule has 18 heavy (non-hydrogen) atoms. The highest BCUT2D eigenvalue weighted by Crippen LogP contribution is 2.17. The molecule has 0 aliphatic rings. The van der Waals surface area contributed by atoms with Crippen LogP contribution in [0.2, 0.25) is 0 Å². The Bertz CT molecular complexity index is 552. The van der Waals surface area contributed by atoms with Crippen LogP contribution in [0.25, 0.3) is 0 Å². The van der Waals surface area contributed by atoms with E-state index in [0.29, 0.717) is 0 Å². The van der Waals surface area contributed by atoms with E-state index in [2.05, 4.69) is 31.2 Å². The zero-order valence-electron chi connectivity index (χ0n) is 10.4. The minimum Gasteiger partial charge on any atom is -0.479 e. The zero-order valence-corrected chi connectivity index (χ0v) is 10.4. The van der Waals surface area contributed by atoms with Crippen LogP contribution < -0.4 is 4.74 Å². The highest BCUT2D eigenvalue weighted by atomic mass is 16.5. The molecule has 0 radical (unpaired) electrons. The van der Waals surface area contributed by atoms with Gasteiger partial charge in [-0.3, -0.25) is 0 Å². The lowest BCUT2D eigenvalue weighted by Crippen LogP contribution is -1.94. The SMILES string of the molecule is Cc1ccccc1Cc1ccc(OCC#N)cc1. The molecule has 2 heteroatoms. The topological polar surface area (TPSA) is 33.0 Å². The van der Waals surface area contributed by atoms with E-state index in [9.17, 15) is 0 Å². The first kappa shape index (κ1) is 12.2. The Labute approximate surface area is 107 Å². The molecule has 2 aromatic carbocycles. The lowest BCUT2D eigenvalue weighted by Gasteiger charge is -2.07. The molecule has 0 fully saturated rings. The Morgan fingerprint density at radius 2 is 1.78 bits per heavy atom. The van der Waals surface area contributed by atoms with Crippen molar-refractivity contribution >= 4 is 0 Å². The van der Waals surface area contributed by atoms with Gasteiger partial charge in [-0.05, 0) is 42.2 Å². The summed E-state index contributed by atoms with van der Waals surface area (Å²) in [5, 5.41) is 8.43. The normalized spacial score (nSPS) is 9.78. The number of benzene rings is 2. The van der Waals surface area contributed by atoms with Crippen molar-refractivity contribution in [3.05, 3.63) is 65.2 Å². The molecule has 0 heterocycles. The monoisotopic (exact) mass is 237 g/mol. The van der Waals surface area contributed by atoms with Crippen molar-refractivity contribution in [2.75, 3.05) is 6.61 Å². The molecular formula is C16H15NO. The minimum absolute atomic E-state index is 0.0944. The van der Waals surface area contributed by atoms with Crippen LogP contribution in [0, 0.1) is 18.3 Å². The highest BCUT2D eigenvalue weighted by Gasteiger charge is 2.00. The molecule has 0 aliphatic heterocycles. The molecule has 0 spiro atoms. The van der Waals surface area contributed by atoms with Gasteiger partial charge in [-0.15, -0.1) is 0 Å². The summed E-state index contributed by atoms with van der Waals surface area (Å²) in [5.74, 6) is 0.741. The largest absolute Gasteiger partial charge is 0.479 e. The van der Waals surface area contributed by atoms with Crippen molar-refractivity contribution in [1.82, 2.24) is 0 Å². The van der Waals surface area contributed by atoms with E-state index in [0.717, 1.165) is 12.2 Å². The Balaban J connectivity index is 2.07.